The molecule has 1 aromatic heterocycles. The quantitative estimate of drug-likeness (QED) is 0.849. The number of methoxy groups -OCH3 is 1. The summed E-state index contributed by atoms with van der Waals surface area (Å²) in [7, 11) is 1.70. The van der Waals surface area contributed by atoms with Crippen LogP contribution in [0.3, 0.4) is 0 Å². The van der Waals surface area contributed by atoms with Gasteiger partial charge in [-0.25, -0.2) is 0 Å². The minimum absolute atomic E-state index is 0.0566. The third kappa shape index (κ3) is 2.81. The van der Waals surface area contributed by atoms with E-state index in [1.807, 2.05) is 11.8 Å². The molecule has 0 bridgehead atoms. The average Bonchev–Trinajstić information content (AvgIpc) is 2.75. The van der Waals surface area contributed by atoms with Gasteiger partial charge in [0.2, 0.25) is 5.91 Å². The summed E-state index contributed by atoms with van der Waals surface area (Å²) in [5.41, 5.74) is 5.92. The van der Waals surface area contributed by atoms with Crippen molar-refractivity contribution in [3.8, 4) is 0 Å². The minimum atomic E-state index is -0.225. The Morgan fingerprint density at radius 3 is 3.06 bits per heavy atom. The van der Waals surface area contributed by atoms with E-state index >= 15 is 0 Å². The third-order valence-corrected chi connectivity index (χ3v) is 3.45. The standard InChI is InChI=1S/C12H20N4O2/c1-12(18-2)4-3-5-15(9-12)11(17)8-16-7-10(13)6-14-16/h6-7H,3-5,8-9,13H2,1-2H3. The molecular formula is C12H20N4O2. The van der Waals surface area contributed by atoms with E-state index in [0.717, 1.165) is 19.4 Å². The van der Waals surface area contributed by atoms with Gasteiger partial charge in [-0.15, -0.1) is 0 Å². The van der Waals surface area contributed by atoms with Crippen molar-refractivity contribution in [1.82, 2.24) is 14.7 Å². The Balaban J connectivity index is 1.96. The highest BCUT2D eigenvalue weighted by molar-refractivity contribution is 5.76. The Kier molecular flexibility index (Phi) is 3.56. The molecule has 1 aliphatic rings. The fraction of sp³-hybridized carbons (Fsp3) is 0.667. The smallest absolute Gasteiger partial charge is 0.244 e. The van der Waals surface area contributed by atoms with Gasteiger partial charge in [-0.2, -0.15) is 5.10 Å². The molecule has 18 heavy (non-hydrogen) atoms. The second-order valence-electron chi connectivity index (χ2n) is 5.04. The second kappa shape index (κ2) is 4.97. The van der Waals surface area contributed by atoms with Crippen LogP contribution in [0.15, 0.2) is 12.4 Å². The molecule has 100 valence electrons. The van der Waals surface area contributed by atoms with Crippen molar-refractivity contribution in [1.29, 1.82) is 0 Å². The first-order valence-electron chi connectivity index (χ1n) is 6.13. The first kappa shape index (κ1) is 12.9. The molecule has 1 aromatic rings. The molecule has 1 atom stereocenters. The van der Waals surface area contributed by atoms with Gasteiger partial charge in [-0.1, -0.05) is 0 Å². The third-order valence-electron chi connectivity index (χ3n) is 3.45. The maximum atomic E-state index is 12.1. The SMILES string of the molecule is COC1(C)CCCN(C(=O)Cn2cc(N)cn2)C1. The van der Waals surface area contributed by atoms with Crippen LogP contribution in [-0.2, 0) is 16.1 Å². The predicted octanol–water partition coefficient (Wildman–Crippen LogP) is 0.493. The van der Waals surface area contributed by atoms with Crippen molar-refractivity contribution in [3.63, 3.8) is 0 Å². The largest absolute Gasteiger partial charge is 0.396 e. The summed E-state index contributed by atoms with van der Waals surface area (Å²) in [5.74, 6) is 0.0566. The van der Waals surface area contributed by atoms with E-state index in [1.165, 1.54) is 0 Å². The highest BCUT2D eigenvalue weighted by Gasteiger charge is 2.32. The van der Waals surface area contributed by atoms with Gasteiger partial charge in [0.15, 0.2) is 0 Å². The van der Waals surface area contributed by atoms with E-state index in [1.54, 1.807) is 24.2 Å². The number of aromatic nitrogens is 2. The summed E-state index contributed by atoms with van der Waals surface area (Å²) in [6.45, 7) is 3.70. The van der Waals surface area contributed by atoms with Crippen molar-refractivity contribution in [2.24, 2.45) is 0 Å². The Labute approximate surface area is 107 Å². The van der Waals surface area contributed by atoms with Crippen molar-refractivity contribution < 1.29 is 9.53 Å². The number of carbonyl (C=O) groups excluding carboxylic acids is 1. The number of hydrogen-bond donors (Lipinski definition) is 1. The Hall–Kier alpha value is -1.56. The van der Waals surface area contributed by atoms with Crippen LogP contribution in [0.4, 0.5) is 5.69 Å². The number of anilines is 1. The minimum Gasteiger partial charge on any atom is -0.396 e. The molecule has 1 aliphatic heterocycles. The predicted molar refractivity (Wildman–Crippen MR) is 67.9 cm³/mol. The maximum absolute atomic E-state index is 12.1. The number of nitrogen functional groups attached to an aromatic ring is 1. The summed E-state index contributed by atoms with van der Waals surface area (Å²) in [5, 5.41) is 4.02. The fourth-order valence-corrected chi connectivity index (χ4v) is 2.29. The van der Waals surface area contributed by atoms with Gasteiger partial charge in [0, 0.05) is 26.4 Å². The maximum Gasteiger partial charge on any atom is 0.244 e. The number of carbonyl (C=O) groups is 1. The van der Waals surface area contributed by atoms with Crippen LogP contribution in [0.1, 0.15) is 19.8 Å². The lowest BCUT2D eigenvalue weighted by Crippen LogP contribution is -2.50. The number of likely N-dealkylation sites (tertiary alicyclic amines) is 1. The van der Waals surface area contributed by atoms with E-state index < -0.39 is 0 Å². The second-order valence-corrected chi connectivity index (χ2v) is 5.04. The monoisotopic (exact) mass is 252 g/mol. The molecule has 2 heterocycles. The molecule has 6 heteroatoms. The van der Waals surface area contributed by atoms with E-state index in [2.05, 4.69) is 5.10 Å². The molecule has 6 nitrogen and oxygen atoms in total. The lowest BCUT2D eigenvalue weighted by Gasteiger charge is -2.39. The zero-order chi connectivity index (χ0) is 13.2. The van der Waals surface area contributed by atoms with Gasteiger partial charge in [0.05, 0.1) is 17.5 Å². The molecular weight excluding hydrogens is 232 g/mol. The van der Waals surface area contributed by atoms with E-state index in [-0.39, 0.29) is 18.1 Å². The van der Waals surface area contributed by atoms with E-state index in [4.69, 9.17) is 10.5 Å². The van der Waals surface area contributed by atoms with Gasteiger partial charge >= 0.3 is 0 Å². The molecule has 2 rings (SSSR count). The molecule has 0 aliphatic carbocycles. The zero-order valence-corrected chi connectivity index (χ0v) is 10.9. The Morgan fingerprint density at radius 2 is 2.44 bits per heavy atom. The van der Waals surface area contributed by atoms with Crippen molar-refractivity contribution >= 4 is 11.6 Å². The normalized spacial score (nSPS) is 24.2. The molecule has 0 spiro atoms. The zero-order valence-electron chi connectivity index (χ0n) is 10.9. The lowest BCUT2D eigenvalue weighted by molar-refractivity contribution is -0.140. The topological polar surface area (TPSA) is 73.4 Å². The van der Waals surface area contributed by atoms with Gasteiger partial charge < -0.3 is 15.4 Å². The summed E-state index contributed by atoms with van der Waals surface area (Å²) < 4.78 is 7.04. The average molecular weight is 252 g/mol. The first-order chi connectivity index (χ1) is 8.52. The molecule has 1 saturated heterocycles. The number of amides is 1. The summed E-state index contributed by atoms with van der Waals surface area (Å²) >= 11 is 0. The summed E-state index contributed by atoms with van der Waals surface area (Å²) in [6.07, 6.45) is 5.17. The van der Waals surface area contributed by atoms with Gasteiger partial charge in [-0.3, -0.25) is 9.48 Å². The molecule has 1 fully saturated rings. The van der Waals surface area contributed by atoms with Crippen LogP contribution in [0.25, 0.3) is 0 Å². The van der Waals surface area contributed by atoms with Crippen LogP contribution in [0.5, 0.6) is 0 Å². The number of hydrogen-bond acceptors (Lipinski definition) is 4. The number of nitrogens with two attached hydrogens (primary N) is 1. The van der Waals surface area contributed by atoms with Crippen LogP contribution < -0.4 is 5.73 Å². The van der Waals surface area contributed by atoms with Crippen LogP contribution >= 0.6 is 0 Å². The number of ether oxygens (including phenoxy) is 1. The summed E-state index contributed by atoms with van der Waals surface area (Å²) in [6, 6.07) is 0. The van der Waals surface area contributed by atoms with Crippen LogP contribution in [-0.4, -0.2) is 46.4 Å². The van der Waals surface area contributed by atoms with E-state index in [0.29, 0.717) is 12.2 Å². The Morgan fingerprint density at radius 1 is 1.67 bits per heavy atom. The number of piperidine rings is 1. The van der Waals surface area contributed by atoms with Crippen LogP contribution in [0, 0.1) is 0 Å². The molecule has 2 N–H and O–H groups in total. The Bertz CT molecular complexity index is 431. The van der Waals surface area contributed by atoms with Crippen molar-refractivity contribution in [2.75, 3.05) is 25.9 Å². The molecule has 1 amide bonds. The fourth-order valence-electron chi connectivity index (χ4n) is 2.29. The number of nitrogens with zero attached hydrogens (tertiary/aromatic N) is 3. The lowest BCUT2D eigenvalue weighted by atomic mass is 9.95. The van der Waals surface area contributed by atoms with Gasteiger partial charge in [-0.05, 0) is 19.8 Å². The summed E-state index contributed by atoms with van der Waals surface area (Å²) in [4.78, 5) is 14.0. The molecule has 0 aromatic carbocycles. The van der Waals surface area contributed by atoms with Crippen molar-refractivity contribution in [3.05, 3.63) is 12.4 Å². The molecule has 0 saturated carbocycles. The van der Waals surface area contributed by atoms with Gasteiger partial charge in [0.25, 0.3) is 0 Å². The molecule has 0 radical (unpaired) electrons. The highest BCUT2D eigenvalue weighted by Crippen LogP contribution is 2.23. The molecule has 1 unspecified atom stereocenters. The highest BCUT2D eigenvalue weighted by atomic mass is 16.5. The van der Waals surface area contributed by atoms with E-state index in [9.17, 15) is 4.79 Å². The van der Waals surface area contributed by atoms with Crippen molar-refractivity contribution in [2.45, 2.75) is 31.9 Å². The van der Waals surface area contributed by atoms with Crippen LogP contribution in [0.2, 0.25) is 0 Å². The van der Waals surface area contributed by atoms with Gasteiger partial charge in [0.1, 0.15) is 6.54 Å². The first-order valence-corrected chi connectivity index (χ1v) is 6.13. The number of rotatable bonds is 3.